The Morgan fingerprint density at radius 2 is 2.00 bits per heavy atom. The van der Waals surface area contributed by atoms with Gasteiger partial charge in [-0.3, -0.25) is 4.79 Å². The first-order chi connectivity index (χ1) is 11.4. The van der Waals surface area contributed by atoms with Crippen LogP contribution < -0.4 is 10.1 Å². The summed E-state index contributed by atoms with van der Waals surface area (Å²) in [6.07, 6.45) is 0. The second-order valence-corrected chi connectivity index (χ2v) is 6.19. The molecule has 0 aliphatic rings. The van der Waals surface area contributed by atoms with E-state index in [4.69, 9.17) is 4.42 Å². The van der Waals surface area contributed by atoms with E-state index in [1.807, 2.05) is 13.8 Å². The molecular formula is C15H17F2N3O3S. The van der Waals surface area contributed by atoms with Gasteiger partial charge in [0.1, 0.15) is 5.75 Å². The van der Waals surface area contributed by atoms with Crippen molar-refractivity contribution in [3.05, 3.63) is 24.3 Å². The van der Waals surface area contributed by atoms with Gasteiger partial charge in [0.25, 0.3) is 5.22 Å². The minimum atomic E-state index is -2.87. The number of hydrogen-bond donors (Lipinski definition) is 1. The third-order valence-corrected chi connectivity index (χ3v) is 3.59. The summed E-state index contributed by atoms with van der Waals surface area (Å²) in [5.74, 6) is 0.733. The van der Waals surface area contributed by atoms with E-state index < -0.39 is 6.61 Å². The molecule has 0 unspecified atom stereocenters. The van der Waals surface area contributed by atoms with Gasteiger partial charge in [-0.25, -0.2) is 0 Å². The number of alkyl halides is 2. The van der Waals surface area contributed by atoms with Crippen LogP contribution in [0.4, 0.5) is 8.78 Å². The number of rotatable bonds is 8. The Balaban J connectivity index is 1.89. The zero-order chi connectivity index (χ0) is 17.5. The number of halogens is 2. The monoisotopic (exact) mass is 357 g/mol. The highest BCUT2D eigenvalue weighted by atomic mass is 32.2. The van der Waals surface area contributed by atoms with Crippen molar-refractivity contribution in [2.45, 2.75) is 25.7 Å². The van der Waals surface area contributed by atoms with E-state index in [-0.39, 0.29) is 28.5 Å². The van der Waals surface area contributed by atoms with E-state index in [0.29, 0.717) is 18.0 Å². The molecule has 0 radical (unpaired) electrons. The third-order valence-electron chi connectivity index (χ3n) is 2.77. The van der Waals surface area contributed by atoms with Crippen LogP contribution in [0.25, 0.3) is 11.5 Å². The highest BCUT2D eigenvalue weighted by Crippen LogP contribution is 2.25. The molecule has 1 N–H and O–H groups in total. The van der Waals surface area contributed by atoms with Crippen molar-refractivity contribution in [3.63, 3.8) is 0 Å². The van der Waals surface area contributed by atoms with E-state index >= 15 is 0 Å². The molecule has 0 saturated carbocycles. The van der Waals surface area contributed by atoms with E-state index in [1.54, 1.807) is 0 Å². The number of nitrogens with one attached hydrogen (secondary N) is 1. The molecule has 0 aliphatic carbocycles. The summed E-state index contributed by atoms with van der Waals surface area (Å²) in [7, 11) is 0. The normalized spacial score (nSPS) is 11.1. The van der Waals surface area contributed by atoms with Gasteiger partial charge in [-0.2, -0.15) is 8.78 Å². The van der Waals surface area contributed by atoms with E-state index in [0.717, 1.165) is 11.8 Å². The summed E-state index contributed by atoms with van der Waals surface area (Å²) >= 11 is 1.13. The van der Waals surface area contributed by atoms with Gasteiger partial charge in [0.05, 0.1) is 5.75 Å². The van der Waals surface area contributed by atoms with Gasteiger partial charge in [-0.15, -0.1) is 10.2 Å². The molecule has 0 saturated heterocycles. The summed E-state index contributed by atoms with van der Waals surface area (Å²) < 4.78 is 33.9. The van der Waals surface area contributed by atoms with Crippen LogP contribution in [0.15, 0.2) is 33.9 Å². The Labute approximate surface area is 142 Å². The first-order valence-corrected chi connectivity index (χ1v) is 8.21. The van der Waals surface area contributed by atoms with Gasteiger partial charge in [-0.1, -0.05) is 25.6 Å². The summed E-state index contributed by atoms with van der Waals surface area (Å²) in [5, 5.41) is 10.8. The SMILES string of the molecule is CC(C)CNC(=O)CSc1nnc(-c2ccc(OC(F)F)cc2)o1. The zero-order valence-corrected chi connectivity index (χ0v) is 14.0. The molecule has 24 heavy (non-hydrogen) atoms. The van der Waals surface area contributed by atoms with Crippen LogP contribution in [0.1, 0.15) is 13.8 Å². The fourth-order valence-corrected chi connectivity index (χ4v) is 2.25. The van der Waals surface area contributed by atoms with Gasteiger partial charge in [0.2, 0.25) is 11.8 Å². The van der Waals surface area contributed by atoms with Crippen molar-refractivity contribution in [2.75, 3.05) is 12.3 Å². The van der Waals surface area contributed by atoms with Crippen LogP contribution in [0.3, 0.4) is 0 Å². The molecule has 0 spiro atoms. The number of thioether (sulfide) groups is 1. The first-order valence-electron chi connectivity index (χ1n) is 7.22. The van der Waals surface area contributed by atoms with Gasteiger partial charge in [-0.05, 0) is 30.2 Å². The Bertz CT molecular complexity index is 662. The number of carbonyl (C=O) groups is 1. The molecule has 1 heterocycles. The molecule has 1 aromatic heterocycles. The number of amides is 1. The Kier molecular flexibility index (Phi) is 6.53. The molecule has 1 aromatic carbocycles. The molecule has 2 aromatic rings. The summed E-state index contributed by atoms with van der Waals surface area (Å²) in [5.41, 5.74) is 0.570. The molecule has 6 nitrogen and oxygen atoms in total. The lowest BCUT2D eigenvalue weighted by atomic mass is 10.2. The van der Waals surface area contributed by atoms with Crippen molar-refractivity contribution in [1.29, 1.82) is 0 Å². The van der Waals surface area contributed by atoms with Crippen LogP contribution in [0.2, 0.25) is 0 Å². The number of carbonyl (C=O) groups excluding carboxylic acids is 1. The van der Waals surface area contributed by atoms with Gasteiger partial charge in [0.15, 0.2) is 0 Å². The second kappa shape index (κ2) is 8.62. The summed E-state index contributed by atoms with van der Waals surface area (Å²) in [6.45, 7) is 1.76. The lowest BCUT2D eigenvalue weighted by Crippen LogP contribution is -2.28. The van der Waals surface area contributed by atoms with Crippen molar-refractivity contribution < 1.29 is 22.7 Å². The number of aromatic nitrogens is 2. The number of nitrogens with zero attached hydrogens (tertiary/aromatic N) is 2. The molecule has 0 aliphatic heterocycles. The Morgan fingerprint density at radius 3 is 2.62 bits per heavy atom. The van der Waals surface area contributed by atoms with Crippen LogP contribution in [0, 0.1) is 5.92 Å². The highest BCUT2D eigenvalue weighted by Gasteiger charge is 2.12. The van der Waals surface area contributed by atoms with Crippen LogP contribution in [-0.2, 0) is 4.79 Å². The molecule has 130 valence electrons. The molecule has 0 fully saturated rings. The van der Waals surface area contributed by atoms with Gasteiger partial charge in [0, 0.05) is 12.1 Å². The standard InChI is InChI=1S/C15H17F2N3O3S/c1-9(2)7-18-12(21)8-24-15-20-19-13(23-15)10-3-5-11(6-4-10)22-14(16)17/h3-6,9,14H,7-8H2,1-2H3,(H,18,21). The molecular weight excluding hydrogens is 340 g/mol. The average molecular weight is 357 g/mol. The van der Waals surface area contributed by atoms with Crippen molar-refractivity contribution in [2.24, 2.45) is 5.92 Å². The fourth-order valence-electron chi connectivity index (χ4n) is 1.66. The van der Waals surface area contributed by atoms with Crippen molar-refractivity contribution in [1.82, 2.24) is 15.5 Å². The first kappa shape index (κ1) is 18.2. The molecule has 2 rings (SSSR count). The number of hydrogen-bond acceptors (Lipinski definition) is 6. The van der Waals surface area contributed by atoms with E-state index in [2.05, 4.69) is 20.3 Å². The van der Waals surface area contributed by atoms with Gasteiger partial charge >= 0.3 is 6.61 Å². The average Bonchev–Trinajstić information content (AvgIpc) is 3.00. The van der Waals surface area contributed by atoms with Crippen LogP contribution in [0.5, 0.6) is 5.75 Å². The minimum absolute atomic E-state index is 0.0460. The highest BCUT2D eigenvalue weighted by molar-refractivity contribution is 7.99. The van der Waals surface area contributed by atoms with Crippen molar-refractivity contribution >= 4 is 17.7 Å². The maximum atomic E-state index is 12.1. The van der Waals surface area contributed by atoms with Crippen LogP contribution in [-0.4, -0.2) is 35.0 Å². The fraction of sp³-hybridized carbons (Fsp3) is 0.400. The topological polar surface area (TPSA) is 77.2 Å². The number of benzene rings is 1. The van der Waals surface area contributed by atoms with Crippen molar-refractivity contribution in [3.8, 4) is 17.2 Å². The van der Waals surface area contributed by atoms with E-state index in [1.165, 1.54) is 24.3 Å². The summed E-state index contributed by atoms with van der Waals surface area (Å²) in [4.78, 5) is 11.6. The summed E-state index contributed by atoms with van der Waals surface area (Å²) in [6, 6.07) is 5.85. The maximum absolute atomic E-state index is 12.1. The third kappa shape index (κ3) is 5.80. The lowest BCUT2D eigenvalue weighted by Gasteiger charge is -2.05. The van der Waals surface area contributed by atoms with E-state index in [9.17, 15) is 13.6 Å². The minimum Gasteiger partial charge on any atom is -0.435 e. The zero-order valence-electron chi connectivity index (χ0n) is 13.2. The lowest BCUT2D eigenvalue weighted by molar-refractivity contribution is -0.118. The quantitative estimate of drug-likeness (QED) is 0.731. The molecule has 1 amide bonds. The van der Waals surface area contributed by atoms with Crippen LogP contribution >= 0.6 is 11.8 Å². The van der Waals surface area contributed by atoms with Gasteiger partial charge < -0.3 is 14.5 Å². The maximum Gasteiger partial charge on any atom is 0.387 e. The largest absolute Gasteiger partial charge is 0.435 e. The Hall–Kier alpha value is -2.16. The smallest absolute Gasteiger partial charge is 0.387 e. The Morgan fingerprint density at radius 1 is 1.29 bits per heavy atom. The molecule has 9 heteroatoms. The second-order valence-electron chi connectivity index (χ2n) is 5.26. The predicted octanol–water partition coefficient (Wildman–Crippen LogP) is 3.20. The predicted molar refractivity (Wildman–Crippen MR) is 84.9 cm³/mol. The molecule has 0 atom stereocenters. The molecule has 0 bridgehead atoms. The number of ether oxygens (including phenoxy) is 1.